The molecule has 0 amide bonds. The van der Waals surface area contributed by atoms with Crippen molar-refractivity contribution in [2.45, 2.75) is 32.9 Å². The average Bonchev–Trinajstić information content (AvgIpc) is 2.89. The number of hydrogen-bond donors (Lipinski definition) is 1. The summed E-state index contributed by atoms with van der Waals surface area (Å²) in [6.07, 6.45) is 3.12. The zero-order valence-electron chi connectivity index (χ0n) is 11.3. The van der Waals surface area contributed by atoms with E-state index < -0.39 is 0 Å². The van der Waals surface area contributed by atoms with Gasteiger partial charge in [-0.1, -0.05) is 6.92 Å². The summed E-state index contributed by atoms with van der Waals surface area (Å²) >= 11 is 0. The Labute approximate surface area is 109 Å². The topological polar surface area (TPSA) is 41.0 Å². The summed E-state index contributed by atoms with van der Waals surface area (Å²) in [5.74, 6) is 2.57. The third-order valence-electron chi connectivity index (χ3n) is 4.44. The summed E-state index contributed by atoms with van der Waals surface area (Å²) in [5.41, 5.74) is 1.16. The zero-order valence-corrected chi connectivity index (χ0v) is 11.3. The minimum atomic E-state index is 0.722. The SMILES string of the molecule is CCC1C2CNCC2CN1Cc1ccnc(C)n1. The molecule has 0 aromatic carbocycles. The van der Waals surface area contributed by atoms with Crippen LogP contribution in [0.15, 0.2) is 12.3 Å². The van der Waals surface area contributed by atoms with E-state index in [0.29, 0.717) is 0 Å². The van der Waals surface area contributed by atoms with Gasteiger partial charge in [0.05, 0.1) is 5.69 Å². The number of nitrogens with zero attached hydrogens (tertiary/aromatic N) is 3. The highest BCUT2D eigenvalue weighted by Crippen LogP contribution is 2.34. The molecule has 0 spiro atoms. The second-order valence-electron chi connectivity index (χ2n) is 5.58. The van der Waals surface area contributed by atoms with E-state index in [1.54, 1.807) is 0 Å². The monoisotopic (exact) mass is 246 g/mol. The number of fused-ring (bicyclic) bond motifs is 1. The Morgan fingerprint density at radius 3 is 3.11 bits per heavy atom. The van der Waals surface area contributed by atoms with Gasteiger partial charge in [0, 0.05) is 25.3 Å². The van der Waals surface area contributed by atoms with Gasteiger partial charge < -0.3 is 5.32 Å². The summed E-state index contributed by atoms with van der Waals surface area (Å²) in [4.78, 5) is 11.3. The fourth-order valence-corrected chi connectivity index (χ4v) is 3.66. The zero-order chi connectivity index (χ0) is 12.5. The van der Waals surface area contributed by atoms with E-state index >= 15 is 0 Å². The van der Waals surface area contributed by atoms with Gasteiger partial charge in [0.15, 0.2) is 0 Å². The molecular weight excluding hydrogens is 224 g/mol. The van der Waals surface area contributed by atoms with Gasteiger partial charge in [-0.2, -0.15) is 0 Å². The summed E-state index contributed by atoms with van der Waals surface area (Å²) in [7, 11) is 0. The predicted octanol–water partition coefficient (Wildman–Crippen LogP) is 1.21. The molecule has 3 unspecified atom stereocenters. The smallest absolute Gasteiger partial charge is 0.125 e. The number of likely N-dealkylation sites (tertiary alicyclic amines) is 1. The van der Waals surface area contributed by atoms with E-state index in [4.69, 9.17) is 0 Å². The number of nitrogens with one attached hydrogen (secondary N) is 1. The highest BCUT2D eigenvalue weighted by molar-refractivity contribution is 5.05. The van der Waals surface area contributed by atoms with Gasteiger partial charge in [0.1, 0.15) is 5.82 Å². The Kier molecular flexibility index (Phi) is 3.31. The predicted molar refractivity (Wildman–Crippen MR) is 71.1 cm³/mol. The number of hydrogen-bond acceptors (Lipinski definition) is 4. The molecule has 2 aliphatic rings. The molecule has 2 aliphatic heterocycles. The molecule has 2 saturated heterocycles. The van der Waals surface area contributed by atoms with Crippen molar-refractivity contribution in [2.24, 2.45) is 11.8 Å². The molecule has 3 rings (SSSR count). The van der Waals surface area contributed by atoms with Crippen LogP contribution >= 0.6 is 0 Å². The maximum absolute atomic E-state index is 4.53. The molecule has 4 nitrogen and oxygen atoms in total. The van der Waals surface area contributed by atoms with Crippen molar-refractivity contribution in [1.29, 1.82) is 0 Å². The van der Waals surface area contributed by atoms with Gasteiger partial charge in [0.2, 0.25) is 0 Å². The molecule has 0 radical (unpaired) electrons. The second-order valence-corrected chi connectivity index (χ2v) is 5.58. The molecule has 4 heteroatoms. The van der Waals surface area contributed by atoms with Crippen molar-refractivity contribution < 1.29 is 0 Å². The lowest BCUT2D eigenvalue weighted by atomic mass is 9.93. The Balaban J connectivity index is 1.73. The van der Waals surface area contributed by atoms with Crippen LogP contribution in [0.3, 0.4) is 0 Å². The molecule has 0 bridgehead atoms. The standard InChI is InChI=1S/C14H22N4/c1-3-14-13-7-15-6-11(13)8-18(14)9-12-4-5-16-10(2)17-12/h4-5,11,13-15H,3,6-9H2,1-2H3. The molecule has 1 N–H and O–H groups in total. The highest BCUT2D eigenvalue weighted by atomic mass is 15.2. The maximum Gasteiger partial charge on any atom is 0.125 e. The van der Waals surface area contributed by atoms with Gasteiger partial charge in [-0.15, -0.1) is 0 Å². The van der Waals surface area contributed by atoms with Crippen LogP contribution in [0.1, 0.15) is 24.9 Å². The van der Waals surface area contributed by atoms with Gasteiger partial charge in [-0.05, 0) is 44.3 Å². The van der Waals surface area contributed by atoms with Crippen molar-refractivity contribution in [2.75, 3.05) is 19.6 Å². The van der Waals surface area contributed by atoms with Crippen LogP contribution in [-0.2, 0) is 6.54 Å². The first-order chi connectivity index (χ1) is 8.78. The molecule has 0 saturated carbocycles. The molecule has 3 atom stereocenters. The van der Waals surface area contributed by atoms with Crippen LogP contribution < -0.4 is 5.32 Å². The fraction of sp³-hybridized carbons (Fsp3) is 0.714. The van der Waals surface area contributed by atoms with E-state index in [1.807, 2.05) is 19.2 Å². The highest BCUT2D eigenvalue weighted by Gasteiger charge is 2.42. The first-order valence-corrected chi connectivity index (χ1v) is 7.01. The molecule has 0 aliphatic carbocycles. The normalized spacial score (nSPS) is 31.8. The molecule has 18 heavy (non-hydrogen) atoms. The van der Waals surface area contributed by atoms with E-state index in [0.717, 1.165) is 35.9 Å². The van der Waals surface area contributed by atoms with Crippen molar-refractivity contribution >= 4 is 0 Å². The molecule has 3 heterocycles. The molecular formula is C14H22N4. The van der Waals surface area contributed by atoms with Gasteiger partial charge >= 0.3 is 0 Å². The average molecular weight is 246 g/mol. The largest absolute Gasteiger partial charge is 0.316 e. The third kappa shape index (κ3) is 2.15. The van der Waals surface area contributed by atoms with E-state index in [9.17, 15) is 0 Å². The van der Waals surface area contributed by atoms with Crippen LogP contribution in [-0.4, -0.2) is 40.5 Å². The molecule has 1 aromatic rings. The number of aryl methyl sites for hydroxylation is 1. The Morgan fingerprint density at radius 2 is 2.33 bits per heavy atom. The van der Waals surface area contributed by atoms with E-state index in [2.05, 4.69) is 27.1 Å². The van der Waals surface area contributed by atoms with Crippen LogP contribution in [0.2, 0.25) is 0 Å². The van der Waals surface area contributed by atoms with Gasteiger partial charge in [-0.3, -0.25) is 4.90 Å². The van der Waals surface area contributed by atoms with Gasteiger partial charge in [-0.25, -0.2) is 9.97 Å². The van der Waals surface area contributed by atoms with Gasteiger partial charge in [0.25, 0.3) is 0 Å². The summed E-state index contributed by atoms with van der Waals surface area (Å²) in [5, 5.41) is 3.53. The fourth-order valence-electron chi connectivity index (χ4n) is 3.66. The lowest BCUT2D eigenvalue weighted by Gasteiger charge is -2.26. The minimum Gasteiger partial charge on any atom is -0.316 e. The van der Waals surface area contributed by atoms with Crippen molar-refractivity contribution in [3.05, 3.63) is 23.8 Å². The number of aromatic nitrogens is 2. The minimum absolute atomic E-state index is 0.722. The Bertz CT molecular complexity index is 420. The van der Waals surface area contributed by atoms with Crippen LogP contribution in [0.5, 0.6) is 0 Å². The lowest BCUT2D eigenvalue weighted by molar-refractivity contribution is 0.208. The summed E-state index contributed by atoms with van der Waals surface area (Å²) in [6.45, 7) is 8.87. The number of rotatable bonds is 3. The van der Waals surface area contributed by atoms with Crippen LogP contribution in [0.4, 0.5) is 0 Å². The van der Waals surface area contributed by atoms with Crippen LogP contribution in [0, 0.1) is 18.8 Å². The first kappa shape index (κ1) is 12.1. The van der Waals surface area contributed by atoms with Crippen molar-refractivity contribution in [1.82, 2.24) is 20.2 Å². The van der Waals surface area contributed by atoms with Crippen molar-refractivity contribution in [3.63, 3.8) is 0 Å². The molecule has 2 fully saturated rings. The van der Waals surface area contributed by atoms with E-state index in [1.165, 1.54) is 26.1 Å². The van der Waals surface area contributed by atoms with E-state index in [-0.39, 0.29) is 0 Å². The Morgan fingerprint density at radius 1 is 1.44 bits per heavy atom. The van der Waals surface area contributed by atoms with Crippen LogP contribution in [0.25, 0.3) is 0 Å². The third-order valence-corrected chi connectivity index (χ3v) is 4.44. The maximum atomic E-state index is 4.53. The summed E-state index contributed by atoms with van der Waals surface area (Å²) in [6, 6.07) is 2.77. The molecule has 98 valence electrons. The summed E-state index contributed by atoms with van der Waals surface area (Å²) < 4.78 is 0. The first-order valence-electron chi connectivity index (χ1n) is 7.01. The Hall–Kier alpha value is -1.00. The quantitative estimate of drug-likeness (QED) is 0.870. The lowest BCUT2D eigenvalue weighted by Crippen LogP contribution is -2.34. The second kappa shape index (κ2) is 4.94. The van der Waals surface area contributed by atoms with Crippen molar-refractivity contribution in [3.8, 4) is 0 Å². The molecule has 1 aromatic heterocycles.